The standard InChI is InChI=1S/C19H23ClN2O3/c1-11(2)22(12(3)4)18(23)13(5)25-19(24)15-10-17(20)21-16-9-7-6-8-14(15)16/h6-13H,1-5H3/t13-/m0/s1. The molecule has 1 amide bonds. The number of pyridine rings is 1. The van der Waals surface area contributed by atoms with Gasteiger partial charge < -0.3 is 9.64 Å². The number of amides is 1. The molecule has 0 saturated heterocycles. The highest BCUT2D eigenvalue weighted by molar-refractivity contribution is 6.30. The Hall–Kier alpha value is -2.14. The molecule has 0 saturated carbocycles. The van der Waals surface area contributed by atoms with E-state index >= 15 is 0 Å². The molecule has 0 unspecified atom stereocenters. The molecular weight excluding hydrogens is 340 g/mol. The number of benzene rings is 1. The molecule has 2 aromatic rings. The summed E-state index contributed by atoms with van der Waals surface area (Å²) in [6.07, 6.45) is -0.886. The van der Waals surface area contributed by atoms with E-state index in [1.165, 1.54) is 6.07 Å². The van der Waals surface area contributed by atoms with Gasteiger partial charge in [0.15, 0.2) is 6.10 Å². The maximum Gasteiger partial charge on any atom is 0.339 e. The number of halogens is 1. The van der Waals surface area contributed by atoms with Crippen molar-refractivity contribution in [3.63, 3.8) is 0 Å². The second-order valence-corrected chi connectivity index (χ2v) is 6.88. The number of ether oxygens (including phenoxy) is 1. The Kier molecular flexibility index (Phi) is 6.01. The predicted octanol–water partition coefficient (Wildman–Crippen LogP) is 4.08. The predicted molar refractivity (Wildman–Crippen MR) is 98.7 cm³/mol. The molecule has 0 aliphatic carbocycles. The van der Waals surface area contributed by atoms with Crippen molar-refractivity contribution in [3.8, 4) is 0 Å². The van der Waals surface area contributed by atoms with Gasteiger partial charge in [0.2, 0.25) is 0 Å². The van der Waals surface area contributed by atoms with Crippen LogP contribution in [0.2, 0.25) is 5.15 Å². The van der Waals surface area contributed by atoms with Crippen molar-refractivity contribution in [3.05, 3.63) is 41.0 Å². The fourth-order valence-electron chi connectivity index (χ4n) is 2.90. The normalized spacial score (nSPS) is 12.5. The Morgan fingerprint density at radius 2 is 1.68 bits per heavy atom. The number of nitrogens with zero attached hydrogens (tertiary/aromatic N) is 2. The monoisotopic (exact) mass is 362 g/mol. The summed E-state index contributed by atoms with van der Waals surface area (Å²) in [5, 5.41) is 0.844. The minimum atomic E-state index is -0.886. The van der Waals surface area contributed by atoms with Crippen molar-refractivity contribution >= 4 is 34.4 Å². The first-order valence-corrected chi connectivity index (χ1v) is 8.68. The molecule has 0 fully saturated rings. The van der Waals surface area contributed by atoms with E-state index in [0.717, 1.165) is 0 Å². The lowest BCUT2D eigenvalue weighted by Gasteiger charge is -2.32. The first kappa shape index (κ1) is 19.2. The van der Waals surface area contributed by atoms with Crippen LogP contribution in [-0.2, 0) is 9.53 Å². The van der Waals surface area contributed by atoms with E-state index < -0.39 is 12.1 Å². The number of esters is 1. The molecule has 0 spiro atoms. The Morgan fingerprint density at radius 3 is 2.28 bits per heavy atom. The van der Waals surface area contributed by atoms with Crippen LogP contribution >= 0.6 is 11.6 Å². The topological polar surface area (TPSA) is 59.5 Å². The average Bonchev–Trinajstić information content (AvgIpc) is 2.53. The zero-order valence-corrected chi connectivity index (χ0v) is 15.9. The van der Waals surface area contributed by atoms with Gasteiger partial charge in [0, 0.05) is 17.5 Å². The molecule has 1 aromatic heterocycles. The largest absolute Gasteiger partial charge is 0.449 e. The van der Waals surface area contributed by atoms with Crippen LogP contribution < -0.4 is 0 Å². The van der Waals surface area contributed by atoms with E-state index in [0.29, 0.717) is 16.5 Å². The van der Waals surface area contributed by atoms with E-state index in [1.54, 1.807) is 24.0 Å². The number of fused-ring (bicyclic) bond motifs is 1. The summed E-state index contributed by atoms with van der Waals surface area (Å²) in [4.78, 5) is 31.1. The smallest absolute Gasteiger partial charge is 0.339 e. The Morgan fingerprint density at radius 1 is 1.08 bits per heavy atom. The molecule has 0 radical (unpaired) electrons. The third-order valence-corrected chi connectivity index (χ3v) is 4.10. The summed E-state index contributed by atoms with van der Waals surface area (Å²) in [7, 11) is 0. The van der Waals surface area contributed by atoms with E-state index in [2.05, 4.69) is 4.98 Å². The van der Waals surface area contributed by atoms with Crippen molar-refractivity contribution < 1.29 is 14.3 Å². The molecule has 0 aliphatic heterocycles. The zero-order chi connectivity index (χ0) is 18.7. The van der Waals surface area contributed by atoms with Crippen LogP contribution in [0.3, 0.4) is 0 Å². The number of rotatable bonds is 5. The molecule has 0 N–H and O–H groups in total. The lowest BCUT2D eigenvalue weighted by atomic mass is 10.1. The molecule has 1 aromatic carbocycles. The van der Waals surface area contributed by atoms with Crippen LogP contribution in [0, 0.1) is 0 Å². The van der Waals surface area contributed by atoms with Crippen LogP contribution in [0.1, 0.15) is 45.0 Å². The molecule has 1 heterocycles. The third-order valence-electron chi connectivity index (χ3n) is 3.90. The highest BCUT2D eigenvalue weighted by atomic mass is 35.5. The summed E-state index contributed by atoms with van der Waals surface area (Å²) in [5.74, 6) is -0.809. The van der Waals surface area contributed by atoms with E-state index in [-0.39, 0.29) is 23.1 Å². The van der Waals surface area contributed by atoms with Crippen molar-refractivity contribution in [2.45, 2.75) is 52.8 Å². The molecule has 5 nitrogen and oxygen atoms in total. The summed E-state index contributed by atoms with van der Waals surface area (Å²) >= 11 is 6.01. The van der Waals surface area contributed by atoms with Crippen LogP contribution in [0.5, 0.6) is 0 Å². The molecule has 25 heavy (non-hydrogen) atoms. The highest BCUT2D eigenvalue weighted by Gasteiger charge is 2.28. The second kappa shape index (κ2) is 7.83. The first-order chi connectivity index (χ1) is 11.7. The van der Waals surface area contributed by atoms with Gasteiger partial charge in [-0.2, -0.15) is 0 Å². The highest BCUT2D eigenvalue weighted by Crippen LogP contribution is 2.22. The quantitative estimate of drug-likeness (QED) is 0.594. The van der Waals surface area contributed by atoms with Gasteiger partial charge in [0.05, 0.1) is 11.1 Å². The SMILES string of the molecule is CC(C)N(C(=O)[C@H](C)OC(=O)c1cc(Cl)nc2ccccc12)C(C)C. The van der Waals surface area contributed by atoms with Crippen LogP contribution in [0.4, 0.5) is 0 Å². The first-order valence-electron chi connectivity index (χ1n) is 8.30. The van der Waals surface area contributed by atoms with Gasteiger partial charge in [0.1, 0.15) is 5.15 Å². The molecular formula is C19H23ClN2O3. The van der Waals surface area contributed by atoms with Gasteiger partial charge in [-0.25, -0.2) is 9.78 Å². The molecule has 0 bridgehead atoms. The maximum absolute atomic E-state index is 12.6. The van der Waals surface area contributed by atoms with E-state index in [4.69, 9.17) is 16.3 Å². The Balaban J connectivity index is 2.26. The van der Waals surface area contributed by atoms with Gasteiger partial charge in [0.25, 0.3) is 5.91 Å². The van der Waals surface area contributed by atoms with Gasteiger partial charge >= 0.3 is 5.97 Å². The molecule has 6 heteroatoms. The fraction of sp³-hybridized carbons (Fsp3) is 0.421. The van der Waals surface area contributed by atoms with E-state index in [9.17, 15) is 9.59 Å². The van der Waals surface area contributed by atoms with Gasteiger partial charge in [-0.1, -0.05) is 29.8 Å². The number of hydrogen-bond donors (Lipinski definition) is 0. The zero-order valence-electron chi connectivity index (χ0n) is 15.1. The third kappa shape index (κ3) is 4.28. The molecule has 2 rings (SSSR count). The Labute approximate surface area is 152 Å². The number of hydrogen-bond acceptors (Lipinski definition) is 4. The second-order valence-electron chi connectivity index (χ2n) is 6.49. The summed E-state index contributed by atoms with van der Waals surface area (Å²) in [5.41, 5.74) is 0.905. The minimum Gasteiger partial charge on any atom is -0.449 e. The summed E-state index contributed by atoms with van der Waals surface area (Å²) < 4.78 is 5.43. The number of aromatic nitrogens is 1. The maximum atomic E-state index is 12.6. The van der Waals surface area contributed by atoms with Crippen LogP contribution in [-0.4, -0.2) is 39.9 Å². The van der Waals surface area contributed by atoms with Crippen LogP contribution in [0.15, 0.2) is 30.3 Å². The lowest BCUT2D eigenvalue weighted by molar-refractivity contribution is -0.143. The molecule has 134 valence electrons. The van der Waals surface area contributed by atoms with Crippen molar-refractivity contribution in [1.29, 1.82) is 0 Å². The van der Waals surface area contributed by atoms with Gasteiger partial charge in [-0.3, -0.25) is 4.79 Å². The number of para-hydroxylation sites is 1. The lowest BCUT2D eigenvalue weighted by Crippen LogP contribution is -2.47. The molecule has 0 aliphatic rings. The Bertz CT molecular complexity index is 781. The van der Waals surface area contributed by atoms with Gasteiger partial charge in [-0.15, -0.1) is 0 Å². The van der Waals surface area contributed by atoms with Crippen molar-refractivity contribution in [2.75, 3.05) is 0 Å². The van der Waals surface area contributed by atoms with Gasteiger partial charge in [-0.05, 0) is 46.8 Å². The minimum absolute atomic E-state index is 0.0184. The van der Waals surface area contributed by atoms with E-state index in [1.807, 2.05) is 39.8 Å². The number of carbonyl (C=O) groups excluding carboxylic acids is 2. The summed E-state index contributed by atoms with van der Waals surface area (Å²) in [6, 6.07) is 8.67. The average molecular weight is 363 g/mol. The fourth-order valence-corrected chi connectivity index (χ4v) is 3.10. The van der Waals surface area contributed by atoms with Crippen LogP contribution in [0.25, 0.3) is 10.9 Å². The molecule has 1 atom stereocenters. The summed E-state index contributed by atoms with van der Waals surface area (Å²) in [6.45, 7) is 9.32. The van der Waals surface area contributed by atoms with Crippen molar-refractivity contribution in [2.24, 2.45) is 0 Å². The number of carbonyl (C=O) groups is 2. The van der Waals surface area contributed by atoms with Crippen molar-refractivity contribution in [1.82, 2.24) is 9.88 Å².